The minimum absolute atomic E-state index is 0.125. The average molecular weight is 675 g/mol. The van der Waals surface area contributed by atoms with Crippen molar-refractivity contribution < 1.29 is 9.59 Å². The van der Waals surface area contributed by atoms with Crippen molar-refractivity contribution in [3.8, 4) is 11.3 Å². The maximum absolute atomic E-state index is 14.6. The van der Waals surface area contributed by atoms with Crippen LogP contribution in [0.3, 0.4) is 0 Å². The lowest BCUT2D eigenvalue weighted by atomic mass is 9.74. The molecular weight excluding hydrogens is 624 g/mol. The van der Waals surface area contributed by atoms with E-state index >= 15 is 0 Å². The molecule has 1 aliphatic carbocycles. The van der Waals surface area contributed by atoms with Crippen molar-refractivity contribution in [2.75, 3.05) is 43.4 Å². The molecule has 2 aromatic carbocycles. The Kier molecular flexibility index (Phi) is 8.63. The van der Waals surface area contributed by atoms with Gasteiger partial charge in [0.15, 0.2) is 5.82 Å². The maximum Gasteiger partial charge on any atom is 0.251 e. The molecule has 10 nitrogen and oxygen atoms in total. The van der Waals surface area contributed by atoms with Crippen molar-refractivity contribution in [3.05, 3.63) is 65.5 Å². The van der Waals surface area contributed by atoms with Crippen LogP contribution < -0.4 is 20.9 Å². The number of carbonyl (C=O) groups is 2. The first-order valence-corrected chi connectivity index (χ1v) is 18.7. The number of hydrogen-bond donors (Lipinski definition) is 3. The molecule has 5 heterocycles. The Hall–Kier alpha value is -4.28. The van der Waals surface area contributed by atoms with E-state index in [4.69, 9.17) is 9.97 Å². The number of rotatable bonds is 8. The highest BCUT2D eigenvalue weighted by Crippen LogP contribution is 2.51. The zero-order valence-electron chi connectivity index (χ0n) is 29.9. The summed E-state index contributed by atoms with van der Waals surface area (Å²) in [5.41, 5.74) is 7.64. The number of carbonyl (C=O) groups excluding carboxylic acids is 2. The highest BCUT2D eigenvalue weighted by molar-refractivity contribution is 6.09. The SMILES string of the molecule is CC[C@H](C)n1cnc2cc(-c3ccc4c(c3)N([C@H]3C[C@@H](N5CCCCC5)C3)C(=O)C43CCNCC3)nc(Nc3ccc(C)c(C(=O)NC)c3)c21. The number of nitrogens with zero attached hydrogens (tertiary/aromatic N) is 5. The Labute approximate surface area is 295 Å². The fraction of sp³-hybridized carbons (Fsp3) is 0.500. The predicted octanol–water partition coefficient (Wildman–Crippen LogP) is 6.47. The number of piperidine rings is 2. The zero-order chi connectivity index (χ0) is 34.6. The molecule has 10 heteroatoms. The zero-order valence-corrected chi connectivity index (χ0v) is 29.9. The van der Waals surface area contributed by atoms with Crippen molar-refractivity contribution in [3.63, 3.8) is 0 Å². The van der Waals surface area contributed by atoms with E-state index in [2.05, 4.69) is 68.4 Å². The Balaban J connectivity index is 1.19. The van der Waals surface area contributed by atoms with Gasteiger partial charge in [0, 0.05) is 47.7 Å². The lowest BCUT2D eigenvalue weighted by molar-refractivity contribution is -0.125. The van der Waals surface area contributed by atoms with E-state index < -0.39 is 5.41 Å². The van der Waals surface area contributed by atoms with E-state index in [1.807, 2.05) is 31.5 Å². The average Bonchev–Trinajstić information content (AvgIpc) is 3.66. The van der Waals surface area contributed by atoms with Gasteiger partial charge in [0.05, 0.1) is 23.0 Å². The first-order chi connectivity index (χ1) is 24.3. The molecule has 50 heavy (non-hydrogen) atoms. The number of imidazole rings is 1. The fourth-order valence-electron chi connectivity index (χ4n) is 8.84. The predicted molar refractivity (Wildman–Crippen MR) is 199 cm³/mol. The normalized spacial score (nSPS) is 22.4. The van der Waals surface area contributed by atoms with Gasteiger partial charge < -0.3 is 30.3 Å². The van der Waals surface area contributed by atoms with Crippen LogP contribution in [-0.2, 0) is 10.2 Å². The van der Waals surface area contributed by atoms with Crippen LogP contribution in [0.1, 0.15) is 92.7 Å². The number of fused-ring (bicyclic) bond motifs is 3. The van der Waals surface area contributed by atoms with Crippen molar-refractivity contribution in [1.29, 1.82) is 0 Å². The number of nitrogens with one attached hydrogen (secondary N) is 3. The third-order valence-electron chi connectivity index (χ3n) is 12.1. The second-order valence-electron chi connectivity index (χ2n) is 15.0. The van der Waals surface area contributed by atoms with Crippen molar-refractivity contribution >= 4 is 40.0 Å². The topological polar surface area (TPSA) is 107 Å². The smallest absolute Gasteiger partial charge is 0.251 e. The molecule has 0 unspecified atom stereocenters. The molecule has 4 aliphatic rings. The summed E-state index contributed by atoms with van der Waals surface area (Å²) in [6.07, 6.45) is 10.5. The number of aromatic nitrogens is 3. The third-order valence-corrected chi connectivity index (χ3v) is 12.1. The van der Waals surface area contributed by atoms with Crippen LogP contribution in [0, 0.1) is 6.92 Å². The van der Waals surface area contributed by atoms with Gasteiger partial charge in [0.25, 0.3) is 5.91 Å². The number of benzene rings is 2. The molecule has 2 aromatic heterocycles. The molecule has 2 amide bonds. The lowest BCUT2D eigenvalue weighted by Crippen LogP contribution is -2.58. The molecule has 1 saturated carbocycles. The van der Waals surface area contributed by atoms with Gasteiger partial charge in [-0.1, -0.05) is 31.5 Å². The van der Waals surface area contributed by atoms with Crippen LogP contribution in [0.5, 0.6) is 0 Å². The fourth-order valence-corrected chi connectivity index (χ4v) is 8.84. The van der Waals surface area contributed by atoms with Crippen molar-refractivity contribution in [2.45, 2.75) is 95.7 Å². The number of anilines is 3. The van der Waals surface area contributed by atoms with Gasteiger partial charge in [-0.2, -0.15) is 0 Å². The van der Waals surface area contributed by atoms with E-state index in [9.17, 15) is 9.59 Å². The number of hydrogen-bond acceptors (Lipinski definition) is 7. The second-order valence-corrected chi connectivity index (χ2v) is 15.0. The summed E-state index contributed by atoms with van der Waals surface area (Å²) in [7, 11) is 1.65. The van der Waals surface area contributed by atoms with Crippen molar-refractivity contribution in [1.82, 2.24) is 30.1 Å². The van der Waals surface area contributed by atoms with Crippen LogP contribution in [0.4, 0.5) is 17.2 Å². The molecule has 2 saturated heterocycles. The Morgan fingerprint density at radius 2 is 1.82 bits per heavy atom. The van der Waals surface area contributed by atoms with Crippen LogP contribution in [0.15, 0.2) is 48.8 Å². The standard InChI is InChI=1S/C40H50N8O2/c1-5-26(3)47-24-43-34-23-33(45-37(36(34)47)44-28-11-9-25(2)31(20-28)38(49)41-4)27-10-12-32-35(19-27)48(39(50)40(32)13-15-42-16-14-40)30-21-29(22-30)46-17-7-6-8-18-46/h9-12,19-20,23-24,26,29-30,42H,5-8,13-18,21-22H2,1-4H3,(H,41,49)(H,44,45)/t26-,29-,30+/m0/s1. The van der Waals surface area contributed by atoms with Crippen molar-refractivity contribution in [2.24, 2.45) is 0 Å². The summed E-state index contributed by atoms with van der Waals surface area (Å²) in [5, 5.41) is 9.82. The summed E-state index contributed by atoms with van der Waals surface area (Å²) < 4.78 is 2.18. The van der Waals surface area contributed by atoms with E-state index in [0.29, 0.717) is 17.4 Å². The Morgan fingerprint density at radius 1 is 1.04 bits per heavy atom. The van der Waals surface area contributed by atoms with Gasteiger partial charge in [-0.15, -0.1) is 0 Å². The van der Waals surface area contributed by atoms with Crippen LogP contribution >= 0.6 is 0 Å². The second kappa shape index (κ2) is 13.1. The molecule has 3 N–H and O–H groups in total. The summed E-state index contributed by atoms with van der Waals surface area (Å²) >= 11 is 0. The number of aryl methyl sites for hydroxylation is 1. The van der Waals surface area contributed by atoms with Crippen LogP contribution in [0.25, 0.3) is 22.3 Å². The summed E-state index contributed by atoms with van der Waals surface area (Å²) in [6.45, 7) is 10.4. The summed E-state index contributed by atoms with van der Waals surface area (Å²) in [6, 6.07) is 15.5. The first-order valence-electron chi connectivity index (χ1n) is 18.7. The molecule has 0 radical (unpaired) electrons. The molecular formula is C40H50N8O2. The van der Waals surface area contributed by atoms with Gasteiger partial charge in [0.1, 0.15) is 5.52 Å². The van der Waals surface area contributed by atoms with Crippen LogP contribution in [0.2, 0.25) is 0 Å². The third kappa shape index (κ3) is 5.48. The lowest BCUT2D eigenvalue weighted by Gasteiger charge is -2.48. The Bertz CT molecular complexity index is 1930. The van der Waals surface area contributed by atoms with Gasteiger partial charge in [-0.3, -0.25) is 9.59 Å². The van der Waals surface area contributed by atoms with E-state index in [1.54, 1.807) is 7.05 Å². The molecule has 262 valence electrons. The molecule has 1 spiro atoms. The first kappa shape index (κ1) is 32.9. The summed E-state index contributed by atoms with van der Waals surface area (Å²) in [4.78, 5) is 42.2. The molecule has 4 aromatic rings. The van der Waals surface area contributed by atoms with Gasteiger partial charge in [-0.05, 0) is 120 Å². The van der Waals surface area contributed by atoms with Gasteiger partial charge >= 0.3 is 0 Å². The molecule has 0 bridgehead atoms. The minimum Gasteiger partial charge on any atom is -0.355 e. The highest BCUT2D eigenvalue weighted by atomic mass is 16.2. The maximum atomic E-state index is 14.6. The van der Waals surface area contributed by atoms with E-state index in [1.165, 1.54) is 37.9 Å². The molecule has 3 fully saturated rings. The van der Waals surface area contributed by atoms with E-state index in [0.717, 1.165) is 84.4 Å². The van der Waals surface area contributed by atoms with E-state index in [-0.39, 0.29) is 23.9 Å². The quantitative estimate of drug-likeness (QED) is 0.197. The van der Waals surface area contributed by atoms with Gasteiger partial charge in [0.2, 0.25) is 5.91 Å². The molecule has 1 atom stereocenters. The van der Waals surface area contributed by atoms with Gasteiger partial charge in [-0.25, -0.2) is 9.97 Å². The largest absolute Gasteiger partial charge is 0.355 e. The number of pyridine rings is 1. The summed E-state index contributed by atoms with van der Waals surface area (Å²) in [5.74, 6) is 0.853. The number of amides is 2. The monoisotopic (exact) mass is 674 g/mol. The number of likely N-dealkylation sites (tertiary alicyclic amines) is 1. The Morgan fingerprint density at radius 3 is 2.56 bits per heavy atom. The molecule has 8 rings (SSSR count). The molecule has 3 aliphatic heterocycles. The highest BCUT2D eigenvalue weighted by Gasteiger charge is 2.54. The minimum atomic E-state index is -0.456. The van der Waals surface area contributed by atoms with Crippen LogP contribution in [-0.4, -0.2) is 76.6 Å².